The number of ether oxygens (including phenoxy) is 1. The molecule has 1 unspecified atom stereocenters. The molecule has 1 aromatic rings. The van der Waals surface area contributed by atoms with Crippen molar-refractivity contribution in [1.82, 2.24) is 21.1 Å². The molecule has 3 N–H and O–H groups in total. The molecule has 0 aliphatic rings. The molecule has 0 spiro atoms. The van der Waals surface area contributed by atoms with Gasteiger partial charge in [0.2, 0.25) is 0 Å². The van der Waals surface area contributed by atoms with Gasteiger partial charge in [0, 0.05) is 31.6 Å². The number of rotatable bonds is 11. The molecule has 8 heteroatoms. The van der Waals surface area contributed by atoms with Gasteiger partial charge in [-0.1, -0.05) is 32.9 Å². The second-order valence-electron chi connectivity index (χ2n) is 7.23. The number of nitrogens with one attached hydrogen (secondary N) is 3. The van der Waals surface area contributed by atoms with Crippen molar-refractivity contribution in [2.24, 2.45) is 10.9 Å². The molecule has 0 fully saturated rings. The number of hydrogen-bond acceptors (Lipinski definition) is 5. The molecule has 0 saturated heterocycles. The molecule has 28 heavy (non-hydrogen) atoms. The highest BCUT2D eigenvalue weighted by Crippen LogP contribution is 2.22. The van der Waals surface area contributed by atoms with E-state index in [1.165, 1.54) is 0 Å². The molecule has 1 rings (SSSR count). The van der Waals surface area contributed by atoms with Crippen molar-refractivity contribution >= 4 is 12.1 Å². The maximum Gasteiger partial charge on any atom is 0.407 e. The van der Waals surface area contributed by atoms with Crippen LogP contribution in [0.4, 0.5) is 4.79 Å². The summed E-state index contributed by atoms with van der Waals surface area (Å²) in [5, 5.41) is 13.6. The number of carbonyl (C=O) groups is 1. The second kappa shape index (κ2) is 13.0. The number of nitrogens with zero attached hydrogens (tertiary/aromatic N) is 2. The van der Waals surface area contributed by atoms with E-state index in [4.69, 9.17) is 9.26 Å². The van der Waals surface area contributed by atoms with Crippen LogP contribution in [0.15, 0.2) is 15.6 Å². The Labute approximate surface area is 168 Å². The van der Waals surface area contributed by atoms with Gasteiger partial charge in [0.05, 0.1) is 18.8 Å². The summed E-state index contributed by atoms with van der Waals surface area (Å²) in [6, 6.07) is 1.95. The van der Waals surface area contributed by atoms with Crippen molar-refractivity contribution < 1.29 is 14.1 Å². The molecule has 0 aromatic carbocycles. The number of carbonyl (C=O) groups excluding carboxylic acids is 1. The first-order valence-electron chi connectivity index (χ1n) is 10.3. The third-order valence-electron chi connectivity index (χ3n) is 4.50. The van der Waals surface area contributed by atoms with Crippen LogP contribution >= 0.6 is 0 Å². The monoisotopic (exact) mass is 395 g/mol. The molecule has 1 atom stereocenters. The normalized spacial score (nSPS) is 12.9. The minimum atomic E-state index is -0.395. The van der Waals surface area contributed by atoms with Crippen molar-refractivity contribution in [2.75, 3.05) is 20.2 Å². The van der Waals surface area contributed by atoms with Gasteiger partial charge in [-0.05, 0) is 32.1 Å². The summed E-state index contributed by atoms with van der Waals surface area (Å²) in [5.41, 5.74) is 1.00. The first-order chi connectivity index (χ1) is 13.4. The van der Waals surface area contributed by atoms with Crippen LogP contribution < -0.4 is 16.0 Å². The SMILES string of the molecule is CCOC(=O)NC(CNC(=NC)NCc1cc(C(CC)CC)no1)CC(C)C. The average molecular weight is 396 g/mol. The van der Waals surface area contributed by atoms with Crippen LogP contribution in [0.5, 0.6) is 0 Å². The molecular formula is C20H37N5O3. The largest absolute Gasteiger partial charge is 0.450 e. The fourth-order valence-electron chi connectivity index (χ4n) is 3.02. The van der Waals surface area contributed by atoms with Crippen LogP contribution in [0.2, 0.25) is 0 Å². The lowest BCUT2D eigenvalue weighted by molar-refractivity contribution is 0.146. The number of amides is 1. The number of aliphatic imine (C=N–C) groups is 1. The lowest BCUT2D eigenvalue weighted by atomic mass is 9.99. The molecule has 0 radical (unpaired) electrons. The van der Waals surface area contributed by atoms with Crippen LogP contribution in [0, 0.1) is 5.92 Å². The Hall–Kier alpha value is -2.25. The van der Waals surface area contributed by atoms with Crippen LogP contribution in [0.1, 0.15) is 71.3 Å². The molecule has 0 saturated carbocycles. The fraction of sp³-hybridized carbons (Fsp3) is 0.750. The van der Waals surface area contributed by atoms with Crippen LogP contribution in [-0.2, 0) is 11.3 Å². The Morgan fingerprint density at radius 3 is 2.54 bits per heavy atom. The minimum Gasteiger partial charge on any atom is -0.450 e. The molecule has 1 amide bonds. The molecule has 0 bridgehead atoms. The molecule has 0 aliphatic carbocycles. The Bertz CT molecular complexity index is 596. The molecule has 160 valence electrons. The standard InChI is InChI=1S/C20H37N5O3/c1-7-15(8-2)18-11-17(28-25-18)13-23-19(21-6)22-12-16(10-14(4)5)24-20(26)27-9-3/h11,14-16H,7-10,12-13H2,1-6H3,(H,24,26)(H2,21,22,23). The van der Waals surface area contributed by atoms with Gasteiger partial charge in [-0.2, -0.15) is 0 Å². The third-order valence-corrected chi connectivity index (χ3v) is 4.50. The van der Waals surface area contributed by atoms with E-state index >= 15 is 0 Å². The van der Waals surface area contributed by atoms with Crippen LogP contribution in [0.25, 0.3) is 0 Å². The van der Waals surface area contributed by atoms with Crippen LogP contribution in [0.3, 0.4) is 0 Å². The van der Waals surface area contributed by atoms with Crippen molar-refractivity contribution in [3.8, 4) is 0 Å². The van der Waals surface area contributed by atoms with E-state index in [1.54, 1.807) is 14.0 Å². The highest BCUT2D eigenvalue weighted by Gasteiger charge is 2.16. The third kappa shape index (κ3) is 8.63. The lowest BCUT2D eigenvalue weighted by Gasteiger charge is -2.22. The molecular weight excluding hydrogens is 358 g/mol. The van der Waals surface area contributed by atoms with E-state index in [0.717, 1.165) is 30.7 Å². The van der Waals surface area contributed by atoms with Gasteiger partial charge in [0.25, 0.3) is 0 Å². The fourth-order valence-corrected chi connectivity index (χ4v) is 3.02. The maximum atomic E-state index is 11.7. The first-order valence-corrected chi connectivity index (χ1v) is 10.3. The molecule has 0 aliphatic heterocycles. The minimum absolute atomic E-state index is 0.0515. The van der Waals surface area contributed by atoms with E-state index in [2.05, 4.69) is 53.8 Å². The summed E-state index contributed by atoms with van der Waals surface area (Å²) in [6.45, 7) is 11.7. The quantitative estimate of drug-likeness (QED) is 0.392. The van der Waals surface area contributed by atoms with Gasteiger partial charge in [-0.15, -0.1) is 0 Å². The van der Waals surface area contributed by atoms with Gasteiger partial charge >= 0.3 is 6.09 Å². The summed E-state index contributed by atoms with van der Waals surface area (Å²) in [7, 11) is 1.71. The summed E-state index contributed by atoms with van der Waals surface area (Å²) in [5.74, 6) is 2.29. The van der Waals surface area contributed by atoms with E-state index in [-0.39, 0.29) is 6.04 Å². The Balaban J connectivity index is 2.54. The summed E-state index contributed by atoms with van der Waals surface area (Å²) < 4.78 is 10.4. The van der Waals surface area contributed by atoms with E-state index in [0.29, 0.717) is 37.5 Å². The molecule has 1 heterocycles. The zero-order valence-corrected chi connectivity index (χ0v) is 18.2. The van der Waals surface area contributed by atoms with Crippen molar-refractivity contribution in [1.29, 1.82) is 0 Å². The molecule has 8 nitrogen and oxygen atoms in total. The zero-order valence-electron chi connectivity index (χ0n) is 18.2. The van der Waals surface area contributed by atoms with Crippen molar-refractivity contribution in [3.63, 3.8) is 0 Å². The predicted molar refractivity (Wildman–Crippen MR) is 111 cm³/mol. The summed E-state index contributed by atoms with van der Waals surface area (Å²) >= 11 is 0. The number of guanidine groups is 1. The maximum absolute atomic E-state index is 11.7. The zero-order chi connectivity index (χ0) is 20.9. The number of alkyl carbamates (subject to hydrolysis) is 1. The highest BCUT2D eigenvalue weighted by atomic mass is 16.5. The summed E-state index contributed by atoms with van der Waals surface area (Å²) in [6.07, 6.45) is 2.53. The lowest BCUT2D eigenvalue weighted by Crippen LogP contribution is -2.47. The van der Waals surface area contributed by atoms with E-state index in [1.807, 2.05) is 6.07 Å². The van der Waals surface area contributed by atoms with E-state index < -0.39 is 6.09 Å². The Kier molecular flexibility index (Phi) is 11.1. The first kappa shape index (κ1) is 23.8. The smallest absolute Gasteiger partial charge is 0.407 e. The highest BCUT2D eigenvalue weighted by molar-refractivity contribution is 5.79. The van der Waals surface area contributed by atoms with Gasteiger partial charge < -0.3 is 25.2 Å². The van der Waals surface area contributed by atoms with Gasteiger partial charge in [0.15, 0.2) is 11.7 Å². The van der Waals surface area contributed by atoms with Crippen molar-refractivity contribution in [2.45, 2.75) is 72.4 Å². The topological polar surface area (TPSA) is 101 Å². The number of aromatic nitrogens is 1. The average Bonchev–Trinajstić information content (AvgIpc) is 3.11. The Morgan fingerprint density at radius 1 is 1.25 bits per heavy atom. The second-order valence-corrected chi connectivity index (χ2v) is 7.23. The molecule has 1 aromatic heterocycles. The van der Waals surface area contributed by atoms with Crippen LogP contribution in [-0.4, -0.2) is 43.5 Å². The van der Waals surface area contributed by atoms with Gasteiger partial charge in [0.1, 0.15) is 0 Å². The van der Waals surface area contributed by atoms with E-state index in [9.17, 15) is 4.79 Å². The van der Waals surface area contributed by atoms with Crippen molar-refractivity contribution in [3.05, 3.63) is 17.5 Å². The van der Waals surface area contributed by atoms with Gasteiger partial charge in [-0.3, -0.25) is 4.99 Å². The van der Waals surface area contributed by atoms with Gasteiger partial charge in [-0.25, -0.2) is 4.79 Å². The summed E-state index contributed by atoms with van der Waals surface area (Å²) in [4.78, 5) is 16.0. The predicted octanol–water partition coefficient (Wildman–Crippen LogP) is 3.40. The Morgan fingerprint density at radius 2 is 1.96 bits per heavy atom. The number of hydrogen-bond donors (Lipinski definition) is 3.